The van der Waals surface area contributed by atoms with Crippen LogP contribution in [0.3, 0.4) is 0 Å². The number of hydrogen-bond donors (Lipinski definition) is 4. The van der Waals surface area contributed by atoms with Crippen LogP contribution in [0.1, 0.15) is 22.8 Å². The van der Waals surface area contributed by atoms with Crippen LogP contribution in [0, 0.1) is 0 Å². The van der Waals surface area contributed by atoms with E-state index in [1.54, 1.807) is 30.3 Å². The van der Waals surface area contributed by atoms with Gasteiger partial charge in [-0.2, -0.15) is 0 Å². The first-order valence-electron chi connectivity index (χ1n) is 7.38. The zero-order valence-electron chi connectivity index (χ0n) is 13.0. The summed E-state index contributed by atoms with van der Waals surface area (Å²) < 4.78 is 0. The Hall–Kier alpha value is -3.35. The van der Waals surface area contributed by atoms with Crippen molar-refractivity contribution in [2.75, 3.05) is 5.32 Å². The van der Waals surface area contributed by atoms with Crippen molar-refractivity contribution in [2.24, 2.45) is 0 Å². The lowest BCUT2D eigenvalue weighted by molar-refractivity contribution is -0.114. The van der Waals surface area contributed by atoms with Gasteiger partial charge in [-0.3, -0.25) is 9.59 Å². The van der Waals surface area contributed by atoms with Gasteiger partial charge in [0.25, 0.3) is 5.91 Å². The molecule has 7 nitrogen and oxygen atoms in total. The van der Waals surface area contributed by atoms with Crippen LogP contribution < -0.4 is 16.3 Å². The molecule has 3 aromatic rings. The van der Waals surface area contributed by atoms with E-state index >= 15 is 0 Å². The smallest absolute Gasteiger partial charge is 0.323 e. The number of anilines is 1. The number of aromatic amines is 2. The van der Waals surface area contributed by atoms with E-state index in [1.807, 2.05) is 12.1 Å². The fourth-order valence-corrected chi connectivity index (χ4v) is 2.38. The van der Waals surface area contributed by atoms with E-state index in [-0.39, 0.29) is 17.5 Å². The van der Waals surface area contributed by atoms with Gasteiger partial charge in [-0.25, -0.2) is 4.79 Å². The molecule has 0 saturated carbocycles. The van der Waals surface area contributed by atoms with E-state index in [9.17, 15) is 14.4 Å². The van der Waals surface area contributed by atoms with Crippen LogP contribution in [-0.4, -0.2) is 21.8 Å². The predicted molar refractivity (Wildman–Crippen MR) is 90.8 cm³/mol. The van der Waals surface area contributed by atoms with Crippen molar-refractivity contribution in [3.05, 3.63) is 64.1 Å². The molecule has 0 aliphatic heterocycles. The van der Waals surface area contributed by atoms with E-state index in [4.69, 9.17) is 0 Å². The third-order valence-electron chi connectivity index (χ3n) is 3.50. The van der Waals surface area contributed by atoms with Gasteiger partial charge in [0.05, 0.1) is 11.0 Å². The lowest BCUT2D eigenvalue weighted by Gasteiger charge is -2.07. The third-order valence-corrected chi connectivity index (χ3v) is 3.50. The van der Waals surface area contributed by atoms with Crippen molar-refractivity contribution in [3.8, 4) is 0 Å². The fraction of sp³-hybridized carbons (Fsp3) is 0.118. The van der Waals surface area contributed by atoms with E-state index in [2.05, 4.69) is 20.6 Å². The summed E-state index contributed by atoms with van der Waals surface area (Å²) >= 11 is 0. The lowest BCUT2D eigenvalue weighted by Crippen LogP contribution is -2.22. The topological polar surface area (TPSA) is 107 Å². The van der Waals surface area contributed by atoms with E-state index in [0.717, 1.165) is 11.1 Å². The lowest BCUT2D eigenvalue weighted by atomic mass is 10.1. The molecule has 7 heteroatoms. The second kappa shape index (κ2) is 6.41. The number of carbonyl (C=O) groups excluding carboxylic acids is 2. The van der Waals surface area contributed by atoms with Crippen molar-refractivity contribution in [1.29, 1.82) is 0 Å². The number of amides is 2. The normalized spacial score (nSPS) is 10.5. The molecule has 0 atom stereocenters. The Morgan fingerprint density at radius 1 is 1.00 bits per heavy atom. The average Bonchev–Trinajstić information content (AvgIpc) is 2.92. The van der Waals surface area contributed by atoms with Crippen LogP contribution in [0.4, 0.5) is 5.69 Å². The summed E-state index contributed by atoms with van der Waals surface area (Å²) in [4.78, 5) is 39.7. The zero-order valence-corrected chi connectivity index (χ0v) is 13.0. The number of benzene rings is 2. The number of imidazole rings is 1. The number of carbonyl (C=O) groups is 2. The highest BCUT2D eigenvalue weighted by Gasteiger charge is 2.06. The first-order chi connectivity index (χ1) is 11.5. The van der Waals surface area contributed by atoms with Crippen LogP contribution in [0.2, 0.25) is 0 Å². The van der Waals surface area contributed by atoms with Gasteiger partial charge >= 0.3 is 5.69 Å². The molecule has 0 unspecified atom stereocenters. The predicted octanol–water partition coefficient (Wildman–Crippen LogP) is 1.74. The highest BCUT2D eigenvalue weighted by Crippen LogP contribution is 2.12. The highest BCUT2D eigenvalue weighted by molar-refractivity contribution is 5.95. The van der Waals surface area contributed by atoms with Crippen LogP contribution in [0.5, 0.6) is 0 Å². The van der Waals surface area contributed by atoms with Crippen molar-refractivity contribution < 1.29 is 9.59 Å². The molecule has 0 bridgehead atoms. The van der Waals surface area contributed by atoms with Gasteiger partial charge in [0.1, 0.15) is 0 Å². The Bertz CT molecular complexity index is 954. The standard InChI is InChI=1S/C17H16N4O3/c1-10(22)19-13-5-3-12(4-6-13)16(23)18-9-11-2-7-14-15(8-11)21-17(24)20-14/h2-8H,9H2,1H3,(H,18,23)(H,19,22)(H2,20,21,24). The number of H-pyrrole nitrogens is 2. The van der Waals surface area contributed by atoms with Gasteiger partial charge in [-0.15, -0.1) is 0 Å². The molecule has 0 radical (unpaired) electrons. The number of rotatable bonds is 4. The molecule has 122 valence electrons. The molecule has 4 N–H and O–H groups in total. The minimum absolute atomic E-state index is 0.162. The summed E-state index contributed by atoms with van der Waals surface area (Å²) in [6.45, 7) is 1.77. The van der Waals surface area contributed by atoms with Gasteiger partial charge in [0.2, 0.25) is 5.91 Å². The van der Waals surface area contributed by atoms with Crippen LogP contribution >= 0.6 is 0 Å². The number of nitrogens with one attached hydrogen (secondary N) is 4. The summed E-state index contributed by atoms with van der Waals surface area (Å²) in [7, 11) is 0. The Morgan fingerprint density at radius 3 is 2.42 bits per heavy atom. The summed E-state index contributed by atoms with van der Waals surface area (Å²) in [6, 6.07) is 12.1. The second-order valence-corrected chi connectivity index (χ2v) is 5.40. The van der Waals surface area contributed by atoms with Crippen LogP contribution in [-0.2, 0) is 11.3 Å². The van der Waals surface area contributed by atoms with Crippen molar-refractivity contribution in [1.82, 2.24) is 15.3 Å². The van der Waals surface area contributed by atoms with Gasteiger partial charge in [0, 0.05) is 24.7 Å². The van der Waals surface area contributed by atoms with E-state index in [1.165, 1.54) is 6.92 Å². The van der Waals surface area contributed by atoms with Gasteiger partial charge in [0.15, 0.2) is 0 Å². The summed E-state index contributed by atoms with van der Waals surface area (Å²) in [5, 5.41) is 5.46. The average molecular weight is 324 g/mol. The zero-order chi connectivity index (χ0) is 17.1. The van der Waals surface area contributed by atoms with Gasteiger partial charge in [-0.05, 0) is 42.0 Å². The Morgan fingerprint density at radius 2 is 1.71 bits per heavy atom. The molecule has 0 saturated heterocycles. The molecule has 0 spiro atoms. The Labute approximate surface area is 137 Å². The molecule has 3 rings (SSSR count). The van der Waals surface area contributed by atoms with Crippen LogP contribution in [0.15, 0.2) is 47.3 Å². The Balaban J connectivity index is 1.65. The number of hydrogen-bond acceptors (Lipinski definition) is 3. The molecule has 1 aromatic heterocycles. The van der Waals surface area contributed by atoms with E-state index in [0.29, 0.717) is 23.3 Å². The molecule has 0 fully saturated rings. The van der Waals surface area contributed by atoms with Crippen LogP contribution in [0.25, 0.3) is 11.0 Å². The molecule has 2 aromatic carbocycles. The van der Waals surface area contributed by atoms with Crippen molar-refractivity contribution in [3.63, 3.8) is 0 Å². The molecule has 2 amide bonds. The first-order valence-corrected chi connectivity index (χ1v) is 7.38. The molecule has 1 heterocycles. The molecule has 24 heavy (non-hydrogen) atoms. The minimum atomic E-state index is -0.259. The maximum atomic E-state index is 12.2. The third kappa shape index (κ3) is 3.52. The molecule has 0 aliphatic carbocycles. The molecular weight excluding hydrogens is 308 g/mol. The quantitative estimate of drug-likeness (QED) is 0.587. The summed E-state index contributed by atoms with van der Waals surface area (Å²) in [5.74, 6) is -0.377. The fourth-order valence-electron chi connectivity index (χ4n) is 2.38. The Kier molecular flexibility index (Phi) is 4.15. The van der Waals surface area contributed by atoms with E-state index < -0.39 is 0 Å². The number of fused-ring (bicyclic) bond motifs is 1. The minimum Gasteiger partial charge on any atom is -0.348 e. The first kappa shape index (κ1) is 15.5. The monoisotopic (exact) mass is 324 g/mol. The maximum Gasteiger partial charge on any atom is 0.323 e. The van der Waals surface area contributed by atoms with Crippen molar-refractivity contribution in [2.45, 2.75) is 13.5 Å². The van der Waals surface area contributed by atoms with Gasteiger partial charge < -0.3 is 20.6 Å². The van der Waals surface area contributed by atoms with Gasteiger partial charge in [-0.1, -0.05) is 6.07 Å². The SMILES string of the molecule is CC(=O)Nc1ccc(C(=O)NCc2ccc3[nH]c(=O)[nH]c3c2)cc1. The second-order valence-electron chi connectivity index (χ2n) is 5.40. The van der Waals surface area contributed by atoms with Crippen molar-refractivity contribution >= 4 is 28.5 Å². The number of aromatic nitrogens is 2. The maximum absolute atomic E-state index is 12.2. The largest absolute Gasteiger partial charge is 0.348 e. The highest BCUT2D eigenvalue weighted by atomic mass is 16.2. The summed E-state index contributed by atoms with van der Waals surface area (Å²) in [5.41, 5.74) is 3.18. The molecular formula is C17H16N4O3. The summed E-state index contributed by atoms with van der Waals surface area (Å²) in [6.07, 6.45) is 0. The molecule has 0 aliphatic rings.